The number of fused-ring (bicyclic) bond motifs is 4. The molecule has 0 spiro atoms. The zero-order valence-electron chi connectivity index (χ0n) is 16.3. The van der Waals surface area contributed by atoms with Crippen molar-refractivity contribution in [1.82, 2.24) is 4.72 Å². The van der Waals surface area contributed by atoms with E-state index in [9.17, 15) is 13.2 Å². The highest BCUT2D eigenvalue weighted by atomic mass is 32.2. The maximum absolute atomic E-state index is 13.1. The fourth-order valence-electron chi connectivity index (χ4n) is 7.07. The zero-order chi connectivity index (χ0) is 18.5. The summed E-state index contributed by atoms with van der Waals surface area (Å²) in [6.45, 7) is 11.0. The Hall–Kier alpha value is -0.420. The van der Waals surface area contributed by atoms with E-state index < -0.39 is 15.4 Å². The van der Waals surface area contributed by atoms with Crippen molar-refractivity contribution >= 4 is 15.8 Å². The van der Waals surface area contributed by atoms with Crippen molar-refractivity contribution in [1.29, 1.82) is 0 Å². The maximum atomic E-state index is 13.1. The van der Waals surface area contributed by atoms with Gasteiger partial charge in [0.05, 0.1) is 5.75 Å². The smallest absolute Gasteiger partial charge is 0.212 e. The normalized spacial score (nSPS) is 46.9. The molecule has 0 aliphatic heterocycles. The van der Waals surface area contributed by atoms with Gasteiger partial charge in [-0.1, -0.05) is 34.6 Å². The van der Waals surface area contributed by atoms with Crippen LogP contribution in [0.25, 0.3) is 0 Å². The Bertz CT molecular complexity index is 725. The van der Waals surface area contributed by atoms with Crippen molar-refractivity contribution in [2.75, 3.05) is 5.75 Å². The first kappa shape index (κ1) is 18.0. The standard InChI is InChI=1S/C20H33NO3S/c1-17(2)13-6-8-19(17,5)15(10-13)21-25(23,24)12-20-9-7-14(11-16(20)22)18(20,3)4/h13-15,21H,6-12H2,1-5H3/t13-,14+,15+,19-,20-/m1/s1. The van der Waals surface area contributed by atoms with Gasteiger partial charge in [-0.25, -0.2) is 13.1 Å². The SMILES string of the molecule is CC1(C)[C@H]2CC[C@@]1(CS(=O)(=O)N[C@H]1C[C@H]3CC[C@@]1(C)C3(C)C)C(=O)C2. The summed E-state index contributed by atoms with van der Waals surface area (Å²) in [5.74, 6) is 1.12. The van der Waals surface area contributed by atoms with Crippen LogP contribution in [0.3, 0.4) is 0 Å². The monoisotopic (exact) mass is 367 g/mol. The first-order valence-electron chi connectivity index (χ1n) is 9.89. The van der Waals surface area contributed by atoms with Crippen LogP contribution in [0.4, 0.5) is 0 Å². The van der Waals surface area contributed by atoms with Gasteiger partial charge in [-0.3, -0.25) is 4.79 Å². The molecule has 0 aromatic carbocycles. The first-order chi connectivity index (χ1) is 11.4. The molecular formula is C20H33NO3S. The Balaban J connectivity index is 1.57. The van der Waals surface area contributed by atoms with Crippen LogP contribution >= 0.6 is 0 Å². The minimum absolute atomic E-state index is 0.0134. The summed E-state index contributed by atoms with van der Waals surface area (Å²) in [6.07, 6.45) is 5.54. The van der Waals surface area contributed by atoms with Gasteiger partial charge in [-0.15, -0.1) is 0 Å². The third kappa shape index (κ3) is 2.08. The molecule has 4 nitrogen and oxygen atoms in total. The molecule has 4 saturated carbocycles. The lowest BCUT2D eigenvalue weighted by atomic mass is 9.69. The minimum atomic E-state index is -3.48. The molecule has 1 N–H and O–H groups in total. The molecule has 0 aromatic rings. The van der Waals surface area contributed by atoms with Gasteiger partial charge in [0.25, 0.3) is 0 Å². The fourth-order valence-corrected chi connectivity index (χ4v) is 9.27. The number of ketones is 1. The zero-order valence-corrected chi connectivity index (χ0v) is 17.1. The highest BCUT2D eigenvalue weighted by Crippen LogP contribution is 2.66. The second-order valence-electron chi connectivity index (χ2n) is 10.7. The predicted molar refractivity (Wildman–Crippen MR) is 98.5 cm³/mol. The average molecular weight is 368 g/mol. The van der Waals surface area contributed by atoms with Crippen molar-refractivity contribution in [2.24, 2.45) is 33.5 Å². The van der Waals surface area contributed by atoms with E-state index >= 15 is 0 Å². The number of rotatable bonds is 4. The molecule has 5 atom stereocenters. The Morgan fingerprint density at radius 2 is 1.64 bits per heavy atom. The molecule has 0 radical (unpaired) electrons. The van der Waals surface area contributed by atoms with Crippen molar-refractivity contribution in [3.63, 3.8) is 0 Å². The lowest BCUT2D eigenvalue weighted by Gasteiger charge is -2.40. The highest BCUT2D eigenvalue weighted by molar-refractivity contribution is 7.89. The average Bonchev–Trinajstić information content (AvgIpc) is 2.98. The van der Waals surface area contributed by atoms with Gasteiger partial charge in [-0.05, 0) is 60.2 Å². The summed E-state index contributed by atoms with van der Waals surface area (Å²) < 4.78 is 29.3. The molecule has 0 heterocycles. The molecule has 4 aliphatic carbocycles. The van der Waals surface area contributed by atoms with Crippen molar-refractivity contribution in [2.45, 2.75) is 79.2 Å². The number of hydrogen-bond acceptors (Lipinski definition) is 3. The van der Waals surface area contributed by atoms with Crippen molar-refractivity contribution < 1.29 is 13.2 Å². The molecule has 0 aromatic heterocycles. The van der Waals surface area contributed by atoms with Gasteiger partial charge in [0.1, 0.15) is 5.78 Å². The van der Waals surface area contributed by atoms with E-state index in [0.717, 1.165) is 25.7 Å². The van der Waals surface area contributed by atoms with Crippen molar-refractivity contribution in [3.8, 4) is 0 Å². The van der Waals surface area contributed by atoms with Crippen LogP contribution in [0.2, 0.25) is 0 Å². The van der Waals surface area contributed by atoms with Crippen molar-refractivity contribution in [3.05, 3.63) is 0 Å². The summed E-state index contributed by atoms with van der Waals surface area (Å²) in [6, 6.07) is 0.0134. The van der Waals surface area contributed by atoms with Gasteiger partial charge >= 0.3 is 0 Å². The number of nitrogens with one attached hydrogen (secondary N) is 1. The van der Waals surface area contributed by atoms with Gasteiger partial charge < -0.3 is 0 Å². The van der Waals surface area contributed by atoms with E-state index in [1.54, 1.807) is 0 Å². The van der Waals surface area contributed by atoms with Crippen LogP contribution in [-0.4, -0.2) is 26.0 Å². The molecule has 142 valence electrons. The fraction of sp³-hybridized carbons (Fsp3) is 0.950. The van der Waals surface area contributed by atoms with Crippen LogP contribution in [0.1, 0.15) is 73.1 Å². The molecule has 4 aliphatic rings. The summed E-state index contributed by atoms with van der Waals surface area (Å²) in [4.78, 5) is 12.7. The highest BCUT2D eigenvalue weighted by Gasteiger charge is 2.66. The molecule has 0 unspecified atom stereocenters. The van der Waals surface area contributed by atoms with Gasteiger partial charge in [-0.2, -0.15) is 0 Å². The Labute approximate surface area is 152 Å². The van der Waals surface area contributed by atoms with Crippen LogP contribution < -0.4 is 4.72 Å². The summed E-state index contributed by atoms with van der Waals surface area (Å²) in [7, 11) is -3.48. The number of Topliss-reactive ketones (excluding diaryl/α,β-unsaturated/α-hetero) is 1. The summed E-state index contributed by atoms with van der Waals surface area (Å²) in [5.41, 5.74) is -0.663. The Kier molecular flexibility index (Phi) is 3.51. The van der Waals surface area contributed by atoms with Gasteiger partial charge in [0.15, 0.2) is 0 Å². The maximum Gasteiger partial charge on any atom is 0.212 e. The molecular weight excluding hydrogens is 334 g/mol. The molecule has 0 amide bonds. The largest absolute Gasteiger partial charge is 0.299 e. The topological polar surface area (TPSA) is 63.2 Å². The molecule has 25 heavy (non-hydrogen) atoms. The third-order valence-corrected chi connectivity index (χ3v) is 11.2. The Morgan fingerprint density at radius 3 is 2.08 bits per heavy atom. The summed E-state index contributed by atoms with van der Waals surface area (Å²) in [5, 5.41) is 0. The number of hydrogen-bond donors (Lipinski definition) is 1. The van der Waals surface area contributed by atoms with Crippen LogP contribution in [-0.2, 0) is 14.8 Å². The summed E-state index contributed by atoms with van der Waals surface area (Å²) >= 11 is 0. The Morgan fingerprint density at radius 1 is 1.00 bits per heavy atom. The molecule has 4 fully saturated rings. The van der Waals surface area contributed by atoms with E-state index in [1.165, 1.54) is 6.42 Å². The number of carbonyl (C=O) groups excluding carboxylic acids is 1. The second-order valence-corrected chi connectivity index (χ2v) is 12.5. The minimum Gasteiger partial charge on any atom is -0.299 e. The van der Waals surface area contributed by atoms with E-state index in [4.69, 9.17) is 0 Å². The number of carbonyl (C=O) groups is 1. The lowest BCUT2D eigenvalue weighted by Crippen LogP contribution is -2.51. The molecule has 5 heteroatoms. The second kappa shape index (κ2) is 4.89. The van der Waals surface area contributed by atoms with E-state index in [1.807, 2.05) is 0 Å². The van der Waals surface area contributed by atoms with E-state index in [0.29, 0.717) is 18.3 Å². The molecule has 0 saturated heterocycles. The first-order valence-corrected chi connectivity index (χ1v) is 11.5. The van der Waals surface area contributed by atoms with Crippen LogP contribution in [0.15, 0.2) is 0 Å². The molecule has 4 bridgehead atoms. The van der Waals surface area contributed by atoms with Crippen LogP contribution in [0, 0.1) is 33.5 Å². The lowest BCUT2D eigenvalue weighted by molar-refractivity contribution is -0.128. The number of sulfonamides is 1. The molecule has 4 rings (SSSR count). The third-order valence-electron chi connectivity index (χ3n) is 9.69. The van der Waals surface area contributed by atoms with Crippen LogP contribution in [0.5, 0.6) is 0 Å². The van der Waals surface area contributed by atoms with E-state index in [2.05, 4.69) is 39.3 Å². The van der Waals surface area contributed by atoms with E-state index in [-0.39, 0.29) is 33.8 Å². The van der Waals surface area contributed by atoms with Gasteiger partial charge in [0, 0.05) is 17.9 Å². The predicted octanol–water partition coefficient (Wildman–Crippen LogP) is 3.52. The van der Waals surface area contributed by atoms with Gasteiger partial charge in [0.2, 0.25) is 10.0 Å². The quantitative estimate of drug-likeness (QED) is 0.827.